The molecule has 2 heterocycles. The van der Waals surface area contributed by atoms with Crippen molar-refractivity contribution < 1.29 is 0 Å². The molecule has 1 fully saturated rings. The van der Waals surface area contributed by atoms with Gasteiger partial charge in [-0.3, -0.25) is 0 Å². The van der Waals surface area contributed by atoms with Crippen molar-refractivity contribution in [3.05, 3.63) is 51.9 Å². The van der Waals surface area contributed by atoms with Crippen molar-refractivity contribution in [2.75, 3.05) is 24.5 Å². The number of hydrogen-bond acceptors (Lipinski definition) is 5. The fourth-order valence-electron chi connectivity index (χ4n) is 5.40. The Bertz CT molecular complexity index is 952. The molecule has 1 unspecified atom stereocenters. The fraction of sp³-hybridized carbons (Fsp3) is 0.500. The quantitative estimate of drug-likeness (QED) is 0.794. The Morgan fingerprint density at radius 2 is 2.11 bits per heavy atom. The number of benzene rings is 1. The molecule has 5 nitrogen and oxygen atoms in total. The SMILES string of the molecule is N#CC[C@H]1CN(c2nc(Cl)nc3c2CCC2(CCc4ccccc42)C3)CCN1. The molecular formula is C22H24ClN5. The van der Waals surface area contributed by atoms with E-state index in [2.05, 4.69) is 50.5 Å². The minimum absolute atomic E-state index is 0.180. The van der Waals surface area contributed by atoms with Crippen LogP contribution >= 0.6 is 11.6 Å². The number of nitriles is 1. The zero-order chi connectivity index (χ0) is 19.1. The zero-order valence-corrected chi connectivity index (χ0v) is 16.7. The number of halogens is 1. The molecule has 0 bridgehead atoms. The highest BCUT2D eigenvalue weighted by Gasteiger charge is 2.42. The molecule has 2 aromatic rings. The summed E-state index contributed by atoms with van der Waals surface area (Å²) < 4.78 is 0. The summed E-state index contributed by atoms with van der Waals surface area (Å²) in [5, 5.41) is 12.8. The van der Waals surface area contributed by atoms with E-state index in [1.165, 1.54) is 23.1 Å². The highest BCUT2D eigenvalue weighted by atomic mass is 35.5. The molecule has 1 aromatic carbocycles. The van der Waals surface area contributed by atoms with Crippen molar-refractivity contribution in [1.82, 2.24) is 15.3 Å². The maximum Gasteiger partial charge on any atom is 0.224 e. The van der Waals surface area contributed by atoms with Gasteiger partial charge < -0.3 is 10.2 Å². The average Bonchev–Trinajstić information content (AvgIpc) is 3.06. The van der Waals surface area contributed by atoms with E-state index < -0.39 is 0 Å². The van der Waals surface area contributed by atoms with Crippen LogP contribution in [0.2, 0.25) is 5.28 Å². The number of piperazine rings is 1. The monoisotopic (exact) mass is 393 g/mol. The van der Waals surface area contributed by atoms with Gasteiger partial charge in [0.05, 0.1) is 18.2 Å². The van der Waals surface area contributed by atoms with Gasteiger partial charge in [-0.15, -0.1) is 0 Å². The lowest BCUT2D eigenvalue weighted by molar-refractivity contribution is 0.362. The summed E-state index contributed by atoms with van der Waals surface area (Å²) >= 11 is 6.38. The van der Waals surface area contributed by atoms with E-state index >= 15 is 0 Å². The average molecular weight is 394 g/mol. The Morgan fingerprint density at radius 3 is 3.00 bits per heavy atom. The normalized spacial score (nSPS) is 26.0. The highest BCUT2D eigenvalue weighted by Crippen LogP contribution is 2.48. The molecule has 1 aromatic heterocycles. The van der Waals surface area contributed by atoms with Crippen molar-refractivity contribution in [2.24, 2.45) is 0 Å². The summed E-state index contributed by atoms with van der Waals surface area (Å²) in [6.07, 6.45) is 5.94. The smallest absolute Gasteiger partial charge is 0.224 e. The van der Waals surface area contributed by atoms with E-state index in [0.717, 1.165) is 56.8 Å². The Balaban J connectivity index is 1.49. The van der Waals surface area contributed by atoms with Crippen LogP contribution in [0.3, 0.4) is 0 Å². The zero-order valence-electron chi connectivity index (χ0n) is 15.9. The first kappa shape index (κ1) is 17.9. The molecule has 144 valence electrons. The lowest BCUT2D eigenvalue weighted by atomic mass is 9.69. The van der Waals surface area contributed by atoms with E-state index in [9.17, 15) is 0 Å². The summed E-state index contributed by atoms with van der Waals surface area (Å²) in [5.74, 6) is 0.987. The van der Waals surface area contributed by atoms with Gasteiger partial charge in [0.1, 0.15) is 5.82 Å². The van der Waals surface area contributed by atoms with Gasteiger partial charge in [0.25, 0.3) is 0 Å². The molecule has 5 rings (SSSR count). The van der Waals surface area contributed by atoms with Gasteiger partial charge in [0.15, 0.2) is 0 Å². The molecule has 1 spiro atoms. The predicted octanol–water partition coefficient (Wildman–Crippen LogP) is 3.19. The van der Waals surface area contributed by atoms with Gasteiger partial charge in [-0.25, -0.2) is 9.97 Å². The molecule has 6 heteroatoms. The summed E-state index contributed by atoms with van der Waals surface area (Å²) in [6.45, 7) is 2.54. The third-order valence-electron chi connectivity index (χ3n) is 6.76. The third kappa shape index (κ3) is 2.96. The first-order valence-electron chi connectivity index (χ1n) is 10.2. The molecule has 28 heavy (non-hydrogen) atoms. The minimum Gasteiger partial charge on any atom is -0.353 e. The van der Waals surface area contributed by atoms with Crippen molar-refractivity contribution >= 4 is 17.4 Å². The Kier molecular flexibility index (Phi) is 4.49. The van der Waals surface area contributed by atoms with Crippen LogP contribution in [-0.2, 0) is 24.7 Å². The maximum atomic E-state index is 9.05. The lowest BCUT2D eigenvalue weighted by Crippen LogP contribution is -2.51. The highest BCUT2D eigenvalue weighted by molar-refractivity contribution is 6.28. The van der Waals surface area contributed by atoms with Crippen LogP contribution in [0, 0.1) is 11.3 Å². The van der Waals surface area contributed by atoms with Crippen LogP contribution < -0.4 is 10.2 Å². The second-order valence-electron chi connectivity index (χ2n) is 8.32. The molecule has 0 saturated carbocycles. The molecule has 2 atom stereocenters. The predicted molar refractivity (Wildman–Crippen MR) is 110 cm³/mol. The van der Waals surface area contributed by atoms with E-state index in [4.69, 9.17) is 16.9 Å². The van der Waals surface area contributed by atoms with Gasteiger partial charge in [0, 0.05) is 36.7 Å². The van der Waals surface area contributed by atoms with Gasteiger partial charge in [-0.05, 0) is 54.8 Å². The first-order valence-corrected chi connectivity index (χ1v) is 10.6. The molecule has 1 N–H and O–H groups in total. The molecule has 3 aliphatic rings. The number of fused-ring (bicyclic) bond motifs is 3. The van der Waals surface area contributed by atoms with Crippen LogP contribution in [0.15, 0.2) is 24.3 Å². The number of nitrogens with one attached hydrogen (secondary N) is 1. The van der Waals surface area contributed by atoms with Crippen molar-refractivity contribution in [3.63, 3.8) is 0 Å². The number of nitrogens with zero attached hydrogens (tertiary/aromatic N) is 4. The number of rotatable bonds is 2. The number of anilines is 1. The molecule has 2 aliphatic carbocycles. The topological polar surface area (TPSA) is 64.8 Å². The van der Waals surface area contributed by atoms with Crippen LogP contribution in [-0.4, -0.2) is 35.6 Å². The van der Waals surface area contributed by atoms with E-state index in [-0.39, 0.29) is 11.5 Å². The molecule has 0 amide bonds. The first-order chi connectivity index (χ1) is 13.7. The standard InChI is InChI=1S/C22H24ClN5/c23-21-26-19-13-22(8-5-15-3-1-2-4-18(15)22)9-6-17(19)20(27-21)28-12-11-25-16(14-28)7-10-24/h1-4,16,25H,5-9,11-14H2/t16-,22?/m0/s1. The van der Waals surface area contributed by atoms with Crippen molar-refractivity contribution in [1.29, 1.82) is 5.26 Å². The van der Waals surface area contributed by atoms with E-state index in [0.29, 0.717) is 11.7 Å². The summed E-state index contributed by atoms with van der Waals surface area (Å²) in [7, 11) is 0. The number of aryl methyl sites for hydroxylation is 1. The molecule has 1 aliphatic heterocycles. The van der Waals surface area contributed by atoms with Crippen molar-refractivity contribution in [2.45, 2.75) is 50.0 Å². The van der Waals surface area contributed by atoms with Gasteiger partial charge >= 0.3 is 0 Å². The fourth-order valence-corrected chi connectivity index (χ4v) is 5.58. The molecular weight excluding hydrogens is 370 g/mol. The van der Waals surface area contributed by atoms with Gasteiger partial charge in [0.2, 0.25) is 5.28 Å². The largest absolute Gasteiger partial charge is 0.353 e. The van der Waals surface area contributed by atoms with Crippen molar-refractivity contribution in [3.8, 4) is 6.07 Å². The van der Waals surface area contributed by atoms with Crippen LogP contribution in [0.1, 0.15) is 41.6 Å². The lowest BCUT2D eigenvalue weighted by Gasteiger charge is -2.39. The summed E-state index contributed by atoms with van der Waals surface area (Å²) in [6, 6.07) is 11.3. The Labute approximate surface area is 170 Å². The van der Waals surface area contributed by atoms with Gasteiger partial charge in [-0.2, -0.15) is 5.26 Å². The third-order valence-corrected chi connectivity index (χ3v) is 6.93. The van der Waals surface area contributed by atoms with E-state index in [1.807, 2.05) is 0 Å². The number of hydrogen-bond donors (Lipinski definition) is 1. The summed E-state index contributed by atoms with van der Waals surface area (Å²) in [5.41, 5.74) is 5.58. The maximum absolute atomic E-state index is 9.05. The second kappa shape index (κ2) is 7.02. The second-order valence-corrected chi connectivity index (χ2v) is 8.65. The van der Waals surface area contributed by atoms with Gasteiger partial charge in [-0.1, -0.05) is 24.3 Å². The van der Waals surface area contributed by atoms with Crippen LogP contribution in [0.5, 0.6) is 0 Å². The number of aromatic nitrogens is 2. The van der Waals surface area contributed by atoms with E-state index in [1.54, 1.807) is 0 Å². The molecule has 1 saturated heterocycles. The van der Waals surface area contributed by atoms with Crippen LogP contribution in [0.25, 0.3) is 0 Å². The molecule has 0 radical (unpaired) electrons. The Hall–Kier alpha value is -2.16. The summed E-state index contributed by atoms with van der Waals surface area (Å²) in [4.78, 5) is 11.6. The minimum atomic E-state index is 0.180. The van der Waals surface area contributed by atoms with Crippen LogP contribution in [0.4, 0.5) is 5.82 Å². The Morgan fingerprint density at radius 1 is 1.25 bits per heavy atom.